The maximum absolute atomic E-state index is 12.3. The molecule has 0 aromatic heterocycles. The SMILES string of the molecule is CCOC(=O)/C1=C(c2ccccc2)/C=C\CCCCCS1. The van der Waals surface area contributed by atoms with E-state index < -0.39 is 0 Å². The number of hydrogen-bond acceptors (Lipinski definition) is 3. The van der Waals surface area contributed by atoms with E-state index in [9.17, 15) is 4.79 Å². The number of ether oxygens (including phenoxy) is 1. The van der Waals surface area contributed by atoms with Crippen molar-refractivity contribution < 1.29 is 9.53 Å². The Morgan fingerprint density at radius 3 is 2.76 bits per heavy atom. The fraction of sp³-hybridized carbons (Fsp3) is 0.389. The van der Waals surface area contributed by atoms with Gasteiger partial charge in [0.05, 0.1) is 6.61 Å². The molecule has 3 heteroatoms. The maximum atomic E-state index is 12.3. The van der Waals surface area contributed by atoms with Gasteiger partial charge in [0.15, 0.2) is 0 Å². The highest BCUT2D eigenvalue weighted by atomic mass is 32.2. The molecule has 0 radical (unpaired) electrons. The van der Waals surface area contributed by atoms with Crippen LogP contribution in [-0.4, -0.2) is 18.3 Å². The smallest absolute Gasteiger partial charge is 0.345 e. The second-order valence-corrected chi connectivity index (χ2v) is 6.03. The number of hydrogen-bond donors (Lipinski definition) is 0. The molecule has 0 atom stereocenters. The average molecular weight is 302 g/mol. The Morgan fingerprint density at radius 1 is 1.19 bits per heavy atom. The first-order valence-electron chi connectivity index (χ1n) is 7.59. The molecular weight excluding hydrogens is 280 g/mol. The van der Waals surface area contributed by atoms with E-state index in [-0.39, 0.29) is 5.97 Å². The van der Waals surface area contributed by atoms with Crippen LogP contribution >= 0.6 is 11.8 Å². The Morgan fingerprint density at radius 2 is 2.00 bits per heavy atom. The Kier molecular flexibility index (Phi) is 6.61. The summed E-state index contributed by atoms with van der Waals surface area (Å²) in [5.41, 5.74) is 2.06. The van der Waals surface area contributed by atoms with E-state index >= 15 is 0 Å². The molecular formula is C18H22O2S. The molecule has 112 valence electrons. The minimum atomic E-state index is -0.202. The summed E-state index contributed by atoms with van der Waals surface area (Å²) in [6.45, 7) is 2.26. The van der Waals surface area contributed by atoms with Crippen molar-refractivity contribution in [3.8, 4) is 0 Å². The van der Waals surface area contributed by atoms with Gasteiger partial charge < -0.3 is 4.74 Å². The number of allylic oxidation sites excluding steroid dienone is 3. The average Bonchev–Trinajstić information content (AvgIpc) is 2.53. The van der Waals surface area contributed by atoms with E-state index in [1.54, 1.807) is 11.8 Å². The van der Waals surface area contributed by atoms with Gasteiger partial charge >= 0.3 is 5.97 Å². The standard InChI is InChI=1S/C18H22O2S/c1-2-20-18(19)17-16(15-11-7-6-8-12-15)13-9-4-3-5-10-14-21-17/h6-9,11-13H,2-5,10,14H2,1H3/b13-9-,17-16+. The molecule has 0 spiro atoms. The highest BCUT2D eigenvalue weighted by Crippen LogP contribution is 2.31. The molecule has 0 aliphatic carbocycles. The third-order valence-corrected chi connectivity index (χ3v) is 4.50. The van der Waals surface area contributed by atoms with Crippen molar-refractivity contribution in [3.63, 3.8) is 0 Å². The van der Waals surface area contributed by atoms with Crippen molar-refractivity contribution in [3.05, 3.63) is 53.0 Å². The minimum Gasteiger partial charge on any atom is -0.462 e. The summed E-state index contributed by atoms with van der Waals surface area (Å²) in [4.78, 5) is 13.0. The molecule has 1 aromatic rings. The molecule has 2 rings (SSSR count). The molecule has 0 N–H and O–H groups in total. The highest BCUT2D eigenvalue weighted by Gasteiger charge is 2.17. The molecule has 0 bridgehead atoms. The van der Waals surface area contributed by atoms with Crippen LogP contribution in [0.2, 0.25) is 0 Å². The maximum Gasteiger partial charge on any atom is 0.345 e. The number of rotatable bonds is 3. The topological polar surface area (TPSA) is 26.3 Å². The molecule has 0 unspecified atom stereocenters. The molecule has 21 heavy (non-hydrogen) atoms. The third-order valence-electron chi connectivity index (χ3n) is 3.34. The van der Waals surface area contributed by atoms with Gasteiger partial charge in [-0.15, -0.1) is 11.8 Å². The number of thioether (sulfide) groups is 1. The van der Waals surface area contributed by atoms with E-state index in [1.807, 2.05) is 37.3 Å². The zero-order chi connectivity index (χ0) is 14.9. The number of esters is 1. The Bertz CT molecular complexity index is 517. The first-order valence-corrected chi connectivity index (χ1v) is 8.57. The van der Waals surface area contributed by atoms with Crippen LogP contribution in [0, 0.1) is 0 Å². The predicted molar refractivity (Wildman–Crippen MR) is 90.1 cm³/mol. The Hall–Kier alpha value is -1.48. The van der Waals surface area contributed by atoms with Crippen molar-refractivity contribution in [2.45, 2.75) is 32.6 Å². The molecule has 0 saturated heterocycles. The first-order chi connectivity index (χ1) is 10.3. The van der Waals surface area contributed by atoms with E-state index in [1.165, 1.54) is 12.8 Å². The van der Waals surface area contributed by atoms with Crippen LogP contribution in [0.1, 0.15) is 38.2 Å². The van der Waals surface area contributed by atoms with Crippen LogP contribution < -0.4 is 0 Å². The van der Waals surface area contributed by atoms with Crippen LogP contribution in [-0.2, 0) is 9.53 Å². The molecule has 0 fully saturated rings. The van der Waals surface area contributed by atoms with Crippen molar-refractivity contribution in [1.82, 2.24) is 0 Å². The lowest BCUT2D eigenvalue weighted by molar-refractivity contribution is -0.137. The summed E-state index contributed by atoms with van der Waals surface area (Å²) in [5.74, 6) is 0.768. The summed E-state index contributed by atoms with van der Waals surface area (Å²) in [7, 11) is 0. The second kappa shape index (κ2) is 8.73. The van der Waals surface area contributed by atoms with Gasteiger partial charge in [0.2, 0.25) is 0 Å². The van der Waals surface area contributed by atoms with Gasteiger partial charge in [0.1, 0.15) is 4.91 Å². The van der Waals surface area contributed by atoms with Gasteiger partial charge in [-0.05, 0) is 37.5 Å². The van der Waals surface area contributed by atoms with Crippen molar-refractivity contribution >= 4 is 23.3 Å². The lowest BCUT2D eigenvalue weighted by Crippen LogP contribution is -2.08. The zero-order valence-corrected chi connectivity index (χ0v) is 13.3. The zero-order valence-electron chi connectivity index (χ0n) is 12.5. The van der Waals surface area contributed by atoms with Crippen LogP contribution in [0.25, 0.3) is 5.57 Å². The largest absolute Gasteiger partial charge is 0.462 e. The van der Waals surface area contributed by atoms with Gasteiger partial charge in [0.25, 0.3) is 0 Å². The minimum absolute atomic E-state index is 0.202. The third kappa shape index (κ3) is 4.78. The monoisotopic (exact) mass is 302 g/mol. The molecule has 0 saturated carbocycles. The van der Waals surface area contributed by atoms with Crippen LogP contribution in [0.5, 0.6) is 0 Å². The molecule has 1 aliphatic rings. The highest BCUT2D eigenvalue weighted by molar-refractivity contribution is 8.04. The van der Waals surface area contributed by atoms with Crippen molar-refractivity contribution in [1.29, 1.82) is 0 Å². The fourth-order valence-electron chi connectivity index (χ4n) is 2.28. The summed E-state index contributed by atoms with van der Waals surface area (Å²) >= 11 is 1.62. The summed E-state index contributed by atoms with van der Waals surface area (Å²) in [6, 6.07) is 10.1. The lowest BCUT2D eigenvalue weighted by atomic mass is 10.0. The first kappa shape index (κ1) is 15.9. The molecule has 0 amide bonds. The Labute approximate surface area is 131 Å². The summed E-state index contributed by atoms with van der Waals surface area (Å²) in [6.07, 6.45) is 8.90. The second-order valence-electron chi connectivity index (χ2n) is 4.93. The fourth-order valence-corrected chi connectivity index (χ4v) is 3.35. The van der Waals surface area contributed by atoms with E-state index in [0.29, 0.717) is 6.61 Å². The quantitative estimate of drug-likeness (QED) is 0.748. The molecule has 1 heterocycles. The van der Waals surface area contributed by atoms with Crippen LogP contribution in [0.4, 0.5) is 0 Å². The van der Waals surface area contributed by atoms with Crippen molar-refractivity contribution in [2.24, 2.45) is 0 Å². The predicted octanol–water partition coefficient (Wildman–Crippen LogP) is 4.82. The van der Waals surface area contributed by atoms with E-state index in [0.717, 1.165) is 34.6 Å². The number of carbonyl (C=O) groups is 1. The molecule has 1 aromatic carbocycles. The Balaban J connectivity index is 2.42. The van der Waals surface area contributed by atoms with Gasteiger partial charge in [-0.3, -0.25) is 0 Å². The van der Waals surface area contributed by atoms with Crippen LogP contribution in [0.15, 0.2) is 47.4 Å². The van der Waals surface area contributed by atoms with Crippen molar-refractivity contribution in [2.75, 3.05) is 12.4 Å². The number of benzene rings is 1. The van der Waals surface area contributed by atoms with Gasteiger partial charge in [0, 0.05) is 5.57 Å². The molecule has 1 aliphatic heterocycles. The van der Waals surface area contributed by atoms with Gasteiger partial charge in [-0.2, -0.15) is 0 Å². The van der Waals surface area contributed by atoms with Gasteiger partial charge in [-0.25, -0.2) is 4.79 Å². The van der Waals surface area contributed by atoms with Crippen LogP contribution in [0.3, 0.4) is 0 Å². The number of carbonyl (C=O) groups excluding carboxylic acids is 1. The summed E-state index contributed by atoms with van der Waals surface area (Å²) < 4.78 is 5.25. The lowest BCUT2D eigenvalue weighted by Gasteiger charge is -2.13. The molecule has 2 nitrogen and oxygen atoms in total. The van der Waals surface area contributed by atoms with Gasteiger partial charge in [-0.1, -0.05) is 48.9 Å². The van der Waals surface area contributed by atoms with E-state index in [2.05, 4.69) is 12.2 Å². The normalized spacial score (nSPS) is 21.6. The van der Waals surface area contributed by atoms with E-state index in [4.69, 9.17) is 4.74 Å². The summed E-state index contributed by atoms with van der Waals surface area (Å²) in [5, 5.41) is 0.